The predicted molar refractivity (Wildman–Crippen MR) is 108 cm³/mol. The minimum atomic E-state index is -2.60. The largest absolute Gasteiger partial charge is 0.508 e. The monoisotopic (exact) mass is 432 g/mol. The van der Waals surface area contributed by atoms with E-state index in [9.17, 15) is 45.0 Å². The molecule has 2 aliphatic carbocycles. The lowest BCUT2D eigenvalue weighted by molar-refractivity contribution is -0.181. The van der Waals surface area contributed by atoms with E-state index in [4.69, 9.17) is 0 Å². The van der Waals surface area contributed by atoms with Gasteiger partial charge in [-0.05, 0) is 18.9 Å². The van der Waals surface area contributed by atoms with Crippen molar-refractivity contribution in [3.63, 3.8) is 0 Å². The summed E-state index contributed by atoms with van der Waals surface area (Å²) in [7, 11) is 0. The van der Waals surface area contributed by atoms with Crippen LogP contribution in [0.1, 0.15) is 49.5 Å². The van der Waals surface area contributed by atoms with Gasteiger partial charge >= 0.3 is 5.97 Å². The Bertz CT molecular complexity index is 1070. The summed E-state index contributed by atoms with van der Waals surface area (Å²) < 4.78 is 0. The molecule has 0 spiro atoms. The van der Waals surface area contributed by atoms with E-state index in [0.717, 1.165) is 18.2 Å². The molecule has 2 aliphatic rings. The van der Waals surface area contributed by atoms with E-state index >= 15 is 0 Å². The number of hydrogen-bond acceptors (Lipinski definition) is 8. The molecule has 0 saturated heterocycles. The van der Waals surface area contributed by atoms with E-state index in [0.29, 0.717) is 0 Å². The average Bonchev–Trinajstić information content (AvgIpc) is 2.69. The van der Waals surface area contributed by atoms with E-state index < -0.39 is 69.0 Å². The number of carboxylic acid groups (broad SMARTS) is 1. The molecule has 31 heavy (non-hydrogen) atoms. The van der Waals surface area contributed by atoms with Crippen LogP contribution in [0.15, 0.2) is 29.4 Å². The second kappa shape index (κ2) is 7.21. The molecular weight excluding hydrogens is 408 g/mol. The van der Waals surface area contributed by atoms with E-state index in [1.165, 1.54) is 13.8 Å². The van der Waals surface area contributed by atoms with Crippen molar-refractivity contribution in [3.05, 3.63) is 40.5 Å². The summed E-state index contributed by atoms with van der Waals surface area (Å²) in [6.07, 6.45) is -2.24. The van der Waals surface area contributed by atoms with E-state index in [-0.39, 0.29) is 24.0 Å². The highest BCUT2D eigenvalue weighted by Gasteiger charge is 2.68. The summed E-state index contributed by atoms with van der Waals surface area (Å²) >= 11 is 0. The molecule has 9 nitrogen and oxygen atoms in total. The standard InChI is InChI=1S/C22H24O9/c1-4-13(25)21(3)8-11-16(19(29)22(21,20(30)31)14(26)5-2)18(28)15-10(17(11)27)6-9(23)7-12(15)24/h6-8,13-14,23-26,28H,4-5H2,1-3H3,(H,30,31)/t13?,14?,21?,22-/m1/s1. The maximum Gasteiger partial charge on any atom is 0.321 e. The molecule has 166 valence electrons. The van der Waals surface area contributed by atoms with Crippen LogP contribution in [0.4, 0.5) is 0 Å². The van der Waals surface area contributed by atoms with Crippen LogP contribution in [-0.2, 0) is 9.59 Å². The average molecular weight is 432 g/mol. The van der Waals surface area contributed by atoms with Crippen molar-refractivity contribution in [2.75, 3.05) is 0 Å². The number of carboxylic acids is 1. The summed E-state index contributed by atoms with van der Waals surface area (Å²) in [5, 5.41) is 62.5. The van der Waals surface area contributed by atoms with Crippen LogP contribution in [-0.4, -0.2) is 60.4 Å². The molecule has 3 unspecified atom stereocenters. The van der Waals surface area contributed by atoms with Crippen LogP contribution in [0.2, 0.25) is 0 Å². The summed E-state index contributed by atoms with van der Waals surface area (Å²) in [5.74, 6) is -5.79. The molecule has 1 aromatic carbocycles. The Labute approximate surface area is 177 Å². The zero-order valence-electron chi connectivity index (χ0n) is 17.2. The number of aliphatic carboxylic acids is 1. The van der Waals surface area contributed by atoms with E-state index in [1.54, 1.807) is 6.92 Å². The number of allylic oxidation sites excluding steroid dienone is 2. The van der Waals surface area contributed by atoms with Crippen LogP contribution in [0.5, 0.6) is 11.5 Å². The Morgan fingerprint density at radius 1 is 1.03 bits per heavy atom. The number of Topliss-reactive ketones (excluding diaryl/α,β-unsaturated/α-hetero) is 2. The summed E-state index contributed by atoms with van der Waals surface area (Å²) in [6.45, 7) is 4.29. The van der Waals surface area contributed by atoms with Gasteiger partial charge in [0.15, 0.2) is 17.0 Å². The third kappa shape index (κ3) is 2.66. The van der Waals surface area contributed by atoms with Crippen LogP contribution < -0.4 is 0 Å². The van der Waals surface area contributed by atoms with Crippen LogP contribution in [0, 0.1) is 10.8 Å². The van der Waals surface area contributed by atoms with Gasteiger partial charge in [-0.2, -0.15) is 0 Å². The number of fused-ring (bicyclic) bond motifs is 2. The molecule has 6 N–H and O–H groups in total. The Kier molecular flexibility index (Phi) is 5.24. The van der Waals surface area contributed by atoms with Crippen molar-refractivity contribution in [3.8, 4) is 11.5 Å². The first kappa shape index (κ1) is 22.5. The minimum absolute atomic E-state index is 0.0103. The molecule has 3 rings (SSSR count). The van der Waals surface area contributed by atoms with E-state index in [2.05, 4.69) is 0 Å². The summed E-state index contributed by atoms with van der Waals surface area (Å²) in [4.78, 5) is 39.4. The van der Waals surface area contributed by atoms with Gasteiger partial charge in [-0.15, -0.1) is 0 Å². The molecule has 0 amide bonds. The highest BCUT2D eigenvalue weighted by atomic mass is 16.4. The van der Waals surface area contributed by atoms with Crippen molar-refractivity contribution in [1.82, 2.24) is 0 Å². The van der Waals surface area contributed by atoms with Gasteiger partial charge in [0.1, 0.15) is 17.3 Å². The molecule has 9 heteroatoms. The first-order valence-electron chi connectivity index (χ1n) is 9.81. The van der Waals surface area contributed by atoms with Crippen molar-refractivity contribution < 1.29 is 45.0 Å². The molecule has 0 saturated carbocycles. The minimum Gasteiger partial charge on any atom is -0.508 e. The Hall–Kier alpha value is -3.17. The topological polar surface area (TPSA) is 173 Å². The fourth-order valence-electron chi connectivity index (χ4n) is 4.84. The maximum absolute atomic E-state index is 13.7. The number of aromatic hydroxyl groups is 2. The molecule has 0 aliphatic heterocycles. The summed E-state index contributed by atoms with van der Waals surface area (Å²) in [5.41, 5.74) is -6.25. The second-order valence-corrected chi connectivity index (χ2v) is 8.07. The highest BCUT2D eigenvalue weighted by Crippen LogP contribution is 2.57. The second-order valence-electron chi connectivity index (χ2n) is 8.07. The first-order valence-corrected chi connectivity index (χ1v) is 9.81. The Balaban J connectivity index is 2.51. The lowest BCUT2D eigenvalue weighted by Gasteiger charge is -2.51. The molecule has 4 atom stereocenters. The van der Waals surface area contributed by atoms with Gasteiger partial charge < -0.3 is 30.6 Å². The number of carbonyl (C=O) groups is 3. The lowest BCUT2D eigenvalue weighted by atomic mass is 9.50. The number of phenols is 2. The van der Waals surface area contributed by atoms with Crippen LogP contribution in [0.25, 0.3) is 5.76 Å². The molecule has 0 aromatic heterocycles. The molecule has 0 bridgehead atoms. The fourth-order valence-corrected chi connectivity index (χ4v) is 4.84. The number of ketones is 2. The number of aliphatic hydroxyl groups is 3. The Morgan fingerprint density at radius 3 is 2.13 bits per heavy atom. The van der Waals surface area contributed by atoms with Gasteiger partial charge in [0.2, 0.25) is 0 Å². The third-order valence-corrected chi connectivity index (χ3v) is 6.52. The van der Waals surface area contributed by atoms with Crippen LogP contribution >= 0.6 is 0 Å². The number of hydrogen-bond donors (Lipinski definition) is 6. The lowest BCUT2D eigenvalue weighted by Crippen LogP contribution is -2.64. The van der Waals surface area contributed by atoms with Crippen LogP contribution in [0.3, 0.4) is 0 Å². The quantitative estimate of drug-likeness (QED) is 0.379. The smallest absolute Gasteiger partial charge is 0.321 e. The first-order chi connectivity index (χ1) is 14.4. The van der Waals surface area contributed by atoms with Gasteiger partial charge in [0.05, 0.1) is 23.3 Å². The SMILES string of the molecule is CCC(O)C1(C)C=C2C(=O)c3cc(O)cc(O)c3C(O)=C2C(=O)[C@@]1(C(=O)O)C(O)CC. The van der Waals surface area contributed by atoms with Gasteiger partial charge in [0, 0.05) is 22.6 Å². The molecule has 0 radical (unpaired) electrons. The van der Waals surface area contributed by atoms with Crippen molar-refractivity contribution in [2.24, 2.45) is 10.8 Å². The zero-order valence-corrected chi connectivity index (χ0v) is 17.2. The zero-order chi connectivity index (χ0) is 23.5. The number of aliphatic hydroxyl groups excluding tert-OH is 3. The third-order valence-electron chi connectivity index (χ3n) is 6.52. The van der Waals surface area contributed by atoms with Gasteiger partial charge in [-0.1, -0.05) is 26.8 Å². The molecule has 1 aromatic rings. The number of carbonyl (C=O) groups excluding carboxylic acids is 2. The Morgan fingerprint density at radius 2 is 1.61 bits per heavy atom. The van der Waals surface area contributed by atoms with Crippen molar-refractivity contribution in [1.29, 1.82) is 0 Å². The number of benzene rings is 1. The number of phenolic OH excluding ortho intramolecular Hbond substituents is 2. The van der Waals surface area contributed by atoms with Crippen molar-refractivity contribution >= 4 is 23.3 Å². The van der Waals surface area contributed by atoms with E-state index in [1.807, 2.05) is 0 Å². The van der Waals surface area contributed by atoms with Crippen molar-refractivity contribution in [2.45, 2.75) is 45.8 Å². The fraction of sp³-hybridized carbons (Fsp3) is 0.409. The van der Waals surface area contributed by atoms with Gasteiger partial charge in [0.25, 0.3) is 0 Å². The van der Waals surface area contributed by atoms with Gasteiger partial charge in [-0.3, -0.25) is 14.4 Å². The molecule has 0 fully saturated rings. The normalized spacial score (nSPS) is 27.3. The summed E-state index contributed by atoms with van der Waals surface area (Å²) in [6, 6.07) is 1.87. The van der Waals surface area contributed by atoms with Gasteiger partial charge in [-0.25, -0.2) is 0 Å². The predicted octanol–water partition coefficient (Wildman–Crippen LogP) is 1.69. The molecular formula is C22H24O9. The highest BCUT2D eigenvalue weighted by molar-refractivity contribution is 6.31. The maximum atomic E-state index is 13.7. The molecule has 0 heterocycles. The number of rotatable bonds is 5.